The smallest absolute Gasteiger partial charge is 0.241 e. The minimum Gasteiger partial charge on any atom is -0.325 e. The Balaban J connectivity index is 1.23. The minimum atomic E-state index is -0.106. The van der Waals surface area contributed by atoms with Crippen LogP contribution in [0.5, 0.6) is 0 Å². The summed E-state index contributed by atoms with van der Waals surface area (Å²) in [6.45, 7) is 6.83. The molecule has 1 amide bonds. The summed E-state index contributed by atoms with van der Waals surface area (Å²) in [5.74, 6) is 0.0976. The van der Waals surface area contributed by atoms with Crippen molar-refractivity contribution in [2.24, 2.45) is 0 Å². The van der Waals surface area contributed by atoms with Crippen molar-refractivity contribution in [3.8, 4) is 0 Å². The second kappa shape index (κ2) is 9.38. The van der Waals surface area contributed by atoms with E-state index in [4.69, 9.17) is 0 Å². The number of nitrogens with zero attached hydrogens (tertiary/aromatic N) is 2. The summed E-state index contributed by atoms with van der Waals surface area (Å²) in [6.07, 6.45) is 7.95. The summed E-state index contributed by atoms with van der Waals surface area (Å²) >= 11 is 0. The van der Waals surface area contributed by atoms with Gasteiger partial charge in [0.15, 0.2) is 0 Å². The molecule has 1 atom stereocenters. The SMILES string of the molecule is CC(C(=O)Nc1ccc2c(c1)CCC2)N1CCN(C/C=C/c2ccccc2)CC1. The van der Waals surface area contributed by atoms with Crippen molar-refractivity contribution in [1.82, 2.24) is 9.80 Å². The highest BCUT2D eigenvalue weighted by Crippen LogP contribution is 2.25. The van der Waals surface area contributed by atoms with Crippen molar-refractivity contribution in [1.29, 1.82) is 0 Å². The Morgan fingerprint density at radius 2 is 1.79 bits per heavy atom. The molecule has 29 heavy (non-hydrogen) atoms. The quantitative estimate of drug-likeness (QED) is 0.816. The Morgan fingerprint density at radius 3 is 2.59 bits per heavy atom. The standard InChI is InChI=1S/C25H31N3O/c1-20(25(29)26-24-13-12-22-10-5-11-23(22)19-24)28-17-15-27(16-18-28)14-6-9-21-7-3-2-4-8-21/h2-4,6-9,12-13,19-20H,5,10-11,14-18H2,1H3,(H,26,29)/b9-6+. The van der Waals surface area contributed by atoms with E-state index < -0.39 is 0 Å². The highest BCUT2D eigenvalue weighted by molar-refractivity contribution is 5.94. The number of piperazine rings is 1. The van der Waals surface area contributed by atoms with E-state index in [0.29, 0.717) is 0 Å². The second-order valence-electron chi connectivity index (χ2n) is 8.15. The molecular formula is C25H31N3O. The van der Waals surface area contributed by atoms with Crippen molar-refractivity contribution >= 4 is 17.7 Å². The van der Waals surface area contributed by atoms with Crippen LogP contribution < -0.4 is 5.32 Å². The normalized spacial score (nSPS) is 18.7. The largest absolute Gasteiger partial charge is 0.325 e. The Hall–Kier alpha value is -2.43. The van der Waals surface area contributed by atoms with E-state index in [2.05, 4.69) is 63.7 Å². The van der Waals surface area contributed by atoms with Gasteiger partial charge >= 0.3 is 0 Å². The summed E-state index contributed by atoms with van der Waals surface area (Å²) in [5.41, 5.74) is 5.01. The zero-order valence-electron chi connectivity index (χ0n) is 17.3. The Kier molecular flexibility index (Phi) is 6.43. The van der Waals surface area contributed by atoms with Crippen LogP contribution in [-0.4, -0.2) is 54.5 Å². The number of rotatable bonds is 6. The number of anilines is 1. The fourth-order valence-electron chi connectivity index (χ4n) is 4.30. The molecule has 1 saturated heterocycles. The van der Waals surface area contributed by atoms with E-state index in [1.807, 2.05) is 19.1 Å². The number of carbonyl (C=O) groups is 1. The monoisotopic (exact) mass is 389 g/mol. The van der Waals surface area contributed by atoms with E-state index in [9.17, 15) is 4.79 Å². The van der Waals surface area contributed by atoms with Crippen LogP contribution in [0.15, 0.2) is 54.6 Å². The van der Waals surface area contributed by atoms with Crippen molar-refractivity contribution < 1.29 is 4.79 Å². The maximum Gasteiger partial charge on any atom is 0.241 e. The predicted molar refractivity (Wildman–Crippen MR) is 120 cm³/mol. The highest BCUT2D eigenvalue weighted by Gasteiger charge is 2.25. The minimum absolute atomic E-state index is 0.0976. The van der Waals surface area contributed by atoms with Gasteiger partial charge in [-0.3, -0.25) is 14.6 Å². The van der Waals surface area contributed by atoms with Gasteiger partial charge in [0.05, 0.1) is 6.04 Å². The summed E-state index contributed by atoms with van der Waals surface area (Å²) in [5, 5.41) is 3.13. The van der Waals surface area contributed by atoms with E-state index in [1.165, 1.54) is 29.5 Å². The molecule has 1 unspecified atom stereocenters. The lowest BCUT2D eigenvalue weighted by Crippen LogP contribution is -2.52. The summed E-state index contributed by atoms with van der Waals surface area (Å²) in [6, 6.07) is 16.7. The van der Waals surface area contributed by atoms with Crippen LogP contribution >= 0.6 is 0 Å². The van der Waals surface area contributed by atoms with Crippen molar-refractivity contribution in [2.45, 2.75) is 32.2 Å². The number of hydrogen-bond donors (Lipinski definition) is 1. The molecule has 1 aliphatic carbocycles. The molecule has 0 radical (unpaired) electrons. The van der Waals surface area contributed by atoms with E-state index >= 15 is 0 Å². The predicted octanol–water partition coefficient (Wildman–Crippen LogP) is 3.83. The Labute approximate surface area is 174 Å². The van der Waals surface area contributed by atoms with Gasteiger partial charge in [-0.1, -0.05) is 48.6 Å². The van der Waals surface area contributed by atoms with E-state index in [0.717, 1.165) is 44.8 Å². The Bertz CT molecular complexity index is 854. The molecule has 4 heteroatoms. The average Bonchev–Trinajstić information content (AvgIpc) is 3.22. The van der Waals surface area contributed by atoms with Crippen LogP contribution in [0.2, 0.25) is 0 Å². The van der Waals surface area contributed by atoms with Gasteiger partial charge in [0, 0.05) is 38.4 Å². The van der Waals surface area contributed by atoms with Gasteiger partial charge in [-0.2, -0.15) is 0 Å². The third kappa shape index (κ3) is 5.14. The fourth-order valence-corrected chi connectivity index (χ4v) is 4.30. The summed E-state index contributed by atoms with van der Waals surface area (Å²) < 4.78 is 0. The highest BCUT2D eigenvalue weighted by atomic mass is 16.2. The van der Waals surface area contributed by atoms with Crippen LogP contribution in [-0.2, 0) is 17.6 Å². The zero-order valence-corrected chi connectivity index (χ0v) is 17.3. The van der Waals surface area contributed by atoms with Crippen LogP contribution in [0.4, 0.5) is 5.69 Å². The number of nitrogens with one attached hydrogen (secondary N) is 1. The van der Waals surface area contributed by atoms with Crippen LogP contribution in [0, 0.1) is 0 Å². The molecule has 2 aliphatic rings. The molecule has 0 spiro atoms. The molecule has 1 heterocycles. The van der Waals surface area contributed by atoms with Gasteiger partial charge in [-0.15, -0.1) is 0 Å². The van der Waals surface area contributed by atoms with Gasteiger partial charge in [0.1, 0.15) is 0 Å². The molecule has 1 N–H and O–H groups in total. The molecule has 0 saturated carbocycles. The van der Waals surface area contributed by atoms with Gasteiger partial charge in [-0.05, 0) is 55.0 Å². The third-order valence-electron chi connectivity index (χ3n) is 6.17. The van der Waals surface area contributed by atoms with Crippen molar-refractivity contribution in [3.63, 3.8) is 0 Å². The van der Waals surface area contributed by atoms with Gasteiger partial charge < -0.3 is 5.32 Å². The molecule has 2 aromatic carbocycles. The lowest BCUT2D eigenvalue weighted by Gasteiger charge is -2.37. The molecule has 152 valence electrons. The number of benzene rings is 2. The molecular weight excluding hydrogens is 358 g/mol. The topological polar surface area (TPSA) is 35.6 Å². The Morgan fingerprint density at radius 1 is 1.03 bits per heavy atom. The molecule has 2 aromatic rings. The molecule has 4 rings (SSSR count). The van der Waals surface area contributed by atoms with Crippen LogP contribution in [0.3, 0.4) is 0 Å². The molecule has 1 aliphatic heterocycles. The summed E-state index contributed by atoms with van der Waals surface area (Å²) in [7, 11) is 0. The maximum atomic E-state index is 12.7. The van der Waals surface area contributed by atoms with Crippen LogP contribution in [0.1, 0.15) is 30.0 Å². The first-order valence-electron chi connectivity index (χ1n) is 10.8. The summed E-state index contributed by atoms with van der Waals surface area (Å²) in [4.78, 5) is 17.5. The first-order chi connectivity index (χ1) is 14.2. The second-order valence-corrected chi connectivity index (χ2v) is 8.15. The van der Waals surface area contributed by atoms with E-state index in [1.54, 1.807) is 0 Å². The average molecular weight is 390 g/mol. The van der Waals surface area contributed by atoms with Gasteiger partial charge in [0.25, 0.3) is 0 Å². The molecule has 4 nitrogen and oxygen atoms in total. The molecule has 0 bridgehead atoms. The molecule has 1 fully saturated rings. The first-order valence-corrected chi connectivity index (χ1v) is 10.8. The zero-order chi connectivity index (χ0) is 20.1. The number of fused-ring (bicyclic) bond motifs is 1. The number of hydrogen-bond acceptors (Lipinski definition) is 3. The number of amides is 1. The number of aryl methyl sites for hydroxylation is 2. The number of carbonyl (C=O) groups excluding carboxylic acids is 1. The van der Waals surface area contributed by atoms with Crippen LogP contribution in [0.25, 0.3) is 6.08 Å². The maximum absolute atomic E-state index is 12.7. The lowest BCUT2D eigenvalue weighted by molar-refractivity contribution is -0.121. The van der Waals surface area contributed by atoms with Gasteiger partial charge in [-0.25, -0.2) is 0 Å². The third-order valence-corrected chi connectivity index (χ3v) is 6.17. The lowest BCUT2D eigenvalue weighted by atomic mass is 10.1. The fraction of sp³-hybridized carbons (Fsp3) is 0.400. The first kappa shape index (κ1) is 19.9. The molecule has 0 aromatic heterocycles. The van der Waals surface area contributed by atoms with Gasteiger partial charge in [0.2, 0.25) is 5.91 Å². The van der Waals surface area contributed by atoms with Crippen molar-refractivity contribution in [2.75, 3.05) is 38.0 Å². The van der Waals surface area contributed by atoms with Crippen molar-refractivity contribution in [3.05, 3.63) is 71.3 Å². The van der Waals surface area contributed by atoms with E-state index in [-0.39, 0.29) is 11.9 Å².